The molecule has 1 atom stereocenters. The third-order valence-electron chi connectivity index (χ3n) is 4.06. The van der Waals surface area contributed by atoms with Gasteiger partial charge in [0.2, 0.25) is 0 Å². The van der Waals surface area contributed by atoms with Crippen LogP contribution in [0.1, 0.15) is 44.2 Å². The Bertz CT molecular complexity index is 616. The molecule has 2 N–H and O–H groups in total. The number of hydrogen-bond donors (Lipinski definition) is 1. The van der Waals surface area contributed by atoms with Crippen molar-refractivity contribution in [3.05, 3.63) is 65.5 Å². The summed E-state index contributed by atoms with van der Waals surface area (Å²) in [6.45, 7) is 7.61. The Morgan fingerprint density at radius 2 is 1.78 bits per heavy atom. The smallest absolute Gasteiger partial charge is 0.123 e. The molecule has 0 heterocycles. The molecule has 0 aliphatic heterocycles. The van der Waals surface area contributed by atoms with Gasteiger partial charge in [-0.3, -0.25) is 0 Å². The summed E-state index contributed by atoms with van der Waals surface area (Å²) in [4.78, 5) is 0. The van der Waals surface area contributed by atoms with E-state index in [-0.39, 0.29) is 17.2 Å². The lowest BCUT2D eigenvalue weighted by Crippen LogP contribution is -2.16. The predicted octanol–water partition coefficient (Wildman–Crippen LogP) is 4.63. The van der Waals surface area contributed by atoms with Crippen molar-refractivity contribution < 1.29 is 9.13 Å². The van der Waals surface area contributed by atoms with Crippen molar-refractivity contribution in [2.45, 2.75) is 38.5 Å². The molecule has 2 nitrogen and oxygen atoms in total. The molecular weight excluding hydrogens is 289 g/mol. The summed E-state index contributed by atoms with van der Waals surface area (Å²) in [6, 6.07) is 14.8. The first kappa shape index (κ1) is 17.5. The molecule has 0 saturated heterocycles. The standard InChI is InChI=1S/C20H26FNO/c1-20(2,3)17-7-9-19(10-8-17)23-12-11-16(14-22)15-5-4-6-18(21)13-15/h4-10,13,16H,11-12,14,22H2,1-3H3. The van der Waals surface area contributed by atoms with Gasteiger partial charge in [-0.1, -0.05) is 45.0 Å². The molecule has 0 fully saturated rings. The highest BCUT2D eigenvalue weighted by molar-refractivity contribution is 5.31. The van der Waals surface area contributed by atoms with E-state index in [1.165, 1.54) is 11.6 Å². The van der Waals surface area contributed by atoms with Gasteiger partial charge in [0.25, 0.3) is 0 Å². The minimum atomic E-state index is -0.223. The quantitative estimate of drug-likeness (QED) is 0.843. The highest BCUT2D eigenvalue weighted by Crippen LogP contribution is 2.25. The highest BCUT2D eigenvalue weighted by atomic mass is 19.1. The molecule has 2 rings (SSSR count). The SMILES string of the molecule is CC(C)(C)c1ccc(OCCC(CN)c2cccc(F)c2)cc1. The fourth-order valence-electron chi connectivity index (χ4n) is 2.55. The Balaban J connectivity index is 1.90. The van der Waals surface area contributed by atoms with Gasteiger partial charge in [-0.25, -0.2) is 4.39 Å². The Morgan fingerprint density at radius 1 is 1.09 bits per heavy atom. The monoisotopic (exact) mass is 315 g/mol. The first-order valence-electron chi connectivity index (χ1n) is 8.09. The molecule has 23 heavy (non-hydrogen) atoms. The molecule has 0 amide bonds. The largest absolute Gasteiger partial charge is 0.494 e. The maximum absolute atomic E-state index is 13.3. The van der Waals surface area contributed by atoms with Crippen molar-refractivity contribution in [3.63, 3.8) is 0 Å². The molecule has 0 aromatic heterocycles. The van der Waals surface area contributed by atoms with Gasteiger partial charge in [-0.05, 0) is 59.7 Å². The Labute approximate surface area is 138 Å². The van der Waals surface area contributed by atoms with Crippen LogP contribution in [0.25, 0.3) is 0 Å². The average molecular weight is 315 g/mol. The van der Waals surface area contributed by atoms with Gasteiger partial charge < -0.3 is 10.5 Å². The van der Waals surface area contributed by atoms with Crippen molar-refractivity contribution in [2.24, 2.45) is 5.73 Å². The molecule has 0 aliphatic carbocycles. The summed E-state index contributed by atoms with van der Waals surface area (Å²) in [7, 11) is 0. The number of halogens is 1. The van der Waals surface area contributed by atoms with E-state index < -0.39 is 0 Å². The van der Waals surface area contributed by atoms with Gasteiger partial charge >= 0.3 is 0 Å². The van der Waals surface area contributed by atoms with E-state index in [0.29, 0.717) is 13.2 Å². The normalized spacial score (nSPS) is 12.9. The number of nitrogens with two attached hydrogens (primary N) is 1. The Hall–Kier alpha value is -1.87. The highest BCUT2D eigenvalue weighted by Gasteiger charge is 2.13. The topological polar surface area (TPSA) is 35.2 Å². The van der Waals surface area contributed by atoms with Crippen LogP contribution in [-0.2, 0) is 5.41 Å². The number of benzene rings is 2. The second-order valence-electron chi connectivity index (χ2n) is 6.90. The number of ether oxygens (including phenoxy) is 1. The average Bonchev–Trinajstić information content (AvgIpc) is 2.51. The predicted molar refractivity (Wildman–Crippen MR) is 93.4 cm³/mol. The van der Waals surface area contributed by atoms with Crippen LogP contribution in [0.4, 0.5) is 4.39 Å². The lowest BCUT2D eigenvalue weighted by atomic mass is 9.87. The summed E-state index contributed by atoms with van der Waals surface area (Å²) in [5.41, 5.74) is 8.18. The minimum absolute atomic E-state index is 0.111. The summed E-state index contributed by atoms with van der Waals surface area (Å²) in [5, 5.41) is 0. The molecule has 0 saturated carbocycles. The summed E-state index contributed by atoms with van der Waals surface area (Å²) in [5.74, 6) is 0.743. The van der Waals surface area contributed by atoms with Gasteiger partial charge in [0.15, 0.2) is 0 Å². The molecule has 2 aromatic rings. The van der Waals surface area contributed by atoms with E-state index >= 15 is 0 Å². The summed E-state index contributed by atoms with van der Waals surface area (Å²) >= 11 is 0. The molecule has 0 aliphatic rings. The van der Waals surface area contributed by atoms with Crippen LogP contribution < -0.4 is 10.5 Å². The molecule has 1 unspecified atom stereocenters. The fraction of sp³-hybridized carbons (Fsp3) is 0.400. The molecule has 124 valence electrons. The van der Waals surface area contributed by atoms with Crippen LogP contribution in [0.2, 0.25) is 0 Å². The summed E-state index contributed by atoms with van der Waals surface area (Å²) < 4.78 is 19.1. The van der Waals surface area contributed by atoms with E-state index in [2.05, 4.69) is 32.9 Å². The van der Waals surface area contributed by atoms with Crippen LogP contribution >= 0.6 is 0 Å². The first-order valence-corrected chi connectivity index (χ1v) is 8.09. The molecule has 0 bridgehead atoms. The van der Waals surface area contributed by atoms with E-state index in [1.54, 1.807) is 12.1 Å². The Kier molecular flexibility index (Phi) is 5.78. The summed E-state index contributed by atoms with van der Waals surface area (Å²) in [6.07, 6.45) is 0.765. The van der Waals surface area contributed by atoms with Crippen LogP contribution in [0.5, 0.6) is 5.75 Å². The Morgan fingerprint density at radius 3 is 2.35 bits per heavy atom. The van der Waals surface area contributed by atoms with Crippen LogP contribution in [0, 0.1) is 5.82 Å². The molecule has 3 heteroatoms. The van der Waals surface area contributed by atoms with Crippen molar-refractivity contribution in [3.8, 4) is 5.75 Å². The van der Waals surface area contributed by atoms with Crippen molar-refractivity contribution in [1.82, 2.24) is 0 Å². The second-order valence-corrected chi connectivity index (χ2v) is 6.90. The maximum Gasteiger partial charge on any atom is 0.123 e. The molecule has 0 radical (unpaired) electrons. The molecule has 2 aromatic carbocycles. The van der Waals surface area contributed by atoms with Crippen LogP contribution in [0.3, 0.4) is 0 Å². The third-order valence-corrected chi connectivity index (χ3v) is 4.06. The number of rotatable bonds is 6. The lowest BCUT2D eigenvalue weighted by molar-refractivity contribution is 0.298. The van der Waals surface area contributed by atoms with Crippen LogP contribution in [-0.4, -0.2) is 13.2 Å². The van der Waals surface area contributed by atoms with E-state index in [0.717, 1.165) is 17.7 Å². The van der Waals surface area contributed by atoms with Gasteiger partial charge in [-0.2, -0.15) is 0 Å². The zero-order valence-electron chi connectivity index (χ0n) is 14.2. The van der Waals surface area contributed by atoms with Crippen molar-refractivity contribution in [2.75, 3.05) is 13.2 Å². The van der Waals surface area contributed by atoms with Gasteiger partial charge in [0.1, 0.15) is 11.6 Å². The zero-order chi connectivity index (χ0) is 16.9. The van der Waals surface area contributed by atoms with E-state index in [1.807, 2.05) is 18.2 Å². The first-order chi connectivity index (χ1) is 10.9. The van der Waals surface area contributed by atoms with Gasteiger partial charge in [-0.15, -0.1) is 0 Å². The molecule has 0 spiro atoms. The zero-order valence-corrected chi connectivity index (χ0v) is 14.2. The van der Waals surface area contributed by atoms with Crippen molar-refractivity contribution >= 4 is 0 Å². The van der Waals surface area contributed by atoms with Crippen molar-refractivity contribution in [1.29, 1.82) is 0 Å². The van der Waals surface area contributed by atoms with E-state index in [4.69, 9.17) is 10.5 Å². The second kappa shape index (κ2) is 7.60. The number of hydrogen-bond acceptors (Lipinski definition) is 2. The van der Waals surface area contributed by atoms with Gasteiger partial charge in [0, 0.05) is 0 Å². The third kappa shape index (κ3) is 5.07. The van der Waals surface area contributed by atoms with Crippen LogP contribution in [0.15, 0.2) is 48.5 Å². The van der Waals surface area contributed by atoms with Gasteiger partial charge in [0.05, 0.1) is 6.61 Å². The van der Waals surface area contributed by atoms with E-state index in [9.17, 15) is 4.39 Å². The molecular formula is C20H26FNO. The minimum Gasteiger partial charge on any atom is -0.494 e. The fourth-order valence-corrected chi connectivity index (χ4v) is 2.55. The maximum atomic E-state index is 13.3. The lowest BCUT2D eigenvalue weighted by Gasteiger charge is -2.19.